The Kier molecular flexibility index (Phi) is 8.20. The van der Waals surface area contributed by atoms with Crippen LogP contribution in [0.5, 0.6) is 0 Å². The lowest BCUT2D eigenvalue weighted by molar-refractivity contribution is 0.0698. The van der Waals surface area contributed by atoms with Gasteiger partial charge in [0.05, 0.1) is 10.7 Å². The number of benzene rings is 3. The highest BCUT2D eigenvalue weighted by Gasteiger charge is 2.30. The molecule has 2 heterocycles. The zero-order valence-corrected chi connectivity index (χ0v) is 22.1. The summed E-state index contributed by atoms with van der Waals surface area (Å²) in [7, 11) is -3.66. The molecule has 5 rings (SSSR count). The summed E-state index contributed by atoms with van der Waals surface area (Å²) in [5.74, 6) is 0.943. The highest BCUT2D eigenvalue weighted by Crippen LogP contribution is 2.25. The van der Waals surface area contributed by atoms with Crippen LogP contribution in [0.3, 0.4) is 0 Å². The first kappa shape index (κ1) is 26.4. The van der Waals surface area contributed by atoms with Crippen molar-refractivity contribution in [1.29, 1.82) is 0 Å². The summed E-state index contributed by atoms with van der Waals surface area (Å²) in [6, 6.07) is 18.0. The summed E-state index contributed by atoms with van der Waals surface area (Å²) in [6.07, 6.45) is 2.05. The van der Waals surface area contributed by atoms with Crippen LogP contribution in [0.25, 0.3) is 10.8 Å². The van der Waals surface area contributed by atoms with Gasteiger partial charge < -0.3 is 10.2 Å². The van der Waals surface area contributed by atoms with Crippen molar-refractivity contribution in [1.82, 2.24) is 14.5 Å². The van der Waals surface area contributed by atoms with E-state index < -0.39 is 10.0 Å². The second-order valence-corrected chi connectivity index (χ2v) is 11.2. The fourth-order valence-corrected chi connectivity index (χ4v) is 6.16. The van der Waals surface area contributed by atoms with Crippen LogP contribution in [0.15, 0.2) is 70.6 Å². The van der Waals surface area contributed by atoms with Crippen molar-refractivity contribution in [3.8, 4) is 0 Å². The minimum absolute atomic E-state index is 0. The molecule has 0 aliphatic carbocycles. The number of fused-ring (bicyclic) bond motifs is 1. The van der Waals surface area contributed by atoms with Crippen molar-refractivity contribution in [2.75, 3.05) is 32.7 Å². The van der Waals surface area contributed by atoms with E-state index in [1.54, 1.807) is 29.2 Å². The Morgan fingerprint density at radius 2 is 1.72 bits per heavy atom. The van der Waals surface area contributed by atoms with Crippen LogP contribution < -0.4 is 5.32 Å². The van der Waals surface area contributed by atoms with Gasteiger partial charge in [-0.05, 0) is 59.2 Å². The molecule has 190 valence electrons. The molecule has 10 heteroatoms. The van der Waals surface area contributed by atoms with Crippen molar-refractivity contribution in [2.24, 2.45) is 4.99 Å². The predicted octanol–water partition coefficient (Wildman–Crippen LogP) is 4.34. The fourth-order valence-electron chi connectivity index (χ4n) is 4.52. The van der Waals surface area contributed by atoms with Crippen molar-refractivity contribution in [2.45, 2.75) is 24.3 Å². The van der Waals surface area contributed by atoms with Gasteiger partial charge in [0.1, 0.15) is 0 Å². The number of nitrogens with zero attached hydrogens (tertiary/aromatic N) is 3. The van der Waals surface area contributed by atoms with Gasteiger partial charge in [-0.2, -0.15) is 4.31 Å². The average Bonchev–Trinajstić information content (AvgIpc) is 3.41. The summed E-state index contributed by atoms with van der Waals surface area (Å²) >= 11 is 6.04. The van der Waals surface area contributed by atoms with Crippen molar-refractivity contribution >= 4 is 56.5 Å². The topological polar surface area (TPSA) is 82.1 Å². The quantitative estimate of drug-likeness (QED) is 0.515. The van der Waals surface area contributed by atoms with Crippen LogP contribution in [0.2, 0.25) is 5.02 Å². The number of nitrogens with one attached hydrogen (secondary N) is 1. The maximum absolute atomic E-state index is 13.2. The molecule has 2 aliphatic rings. The molecule has 0 bridgehead atoms. The Hall–Kier alpha value is -2.65. The van der Waals surface area contributed by atoms with E-state index in [1.807, 2.05) is 36.4 Å². The minimum Gasteiger partial charge on any atom is -0.370 e. The SMILES string of the molecule is Cl.O=C(c1cccc(CNC2=NCCC2)c1)N1CCN(S(=O)(=O)c2ccc3cc(Cl)ccc3c2)CC1. The molecule has 2 aliphatic heterocycles. The first-order valence-corrected chi connectivity index (χ1v) is 13.6. The lowest BCUT2D eigenvalue weighted by Gasteiger charge is -2.34. The molecule has 36 heavy (non-hydrogen) atoms. The Morgan fingerprint density at radius 3 is 2.47 bits per heavy atom. The van der Waals surface area contributed by atoms with E-state index >= 15 is 0 Å². The molecule has 0 unspecified atom stereocenters. The van der Waals surface area contributed by atoms with Gasteiger partial charge in [-0.15, -0.1) is 12.4 Å². The number of hydrogen-bond donors (Lipinski definition) is 1. The van der Waals surface area contributed by atoms with Gasteiger partial charge in [-0.25, -0.2) is 8.42 Å². The summed E-state index contributed by atoms with van der Waals surface area (Å²) in [5.41, 5.74) is 1.63. The predicted molar refractivity (Wildman–Crippen MR) is 146 cm³/mol. The number of hydrogen-bond acceptors (Lipinski definition) is 5. The molecular weight excluding hydrogens is 519 g/mol. The number of piperazine rings is 1. The van der Waals surface area contributed by atoms with E-state index in [1.165, 1.54) is 4.31 Å². The summed E-state index contributed by atoms with van der Waals surface area (Å²) < 4.78 is 28.0. The van der Waals surface area contributed by atoms with Crippen molar-refractivity contribution in [3.63, 3.8) is 0 Å². The molecule has 7 nitrogen and oxygen atoms in total. The van der Waals surface area contributed by atoms with Gasteiger partial charge in [0, 0.05) is 56.3 Å². The molecule has 1 amide bonds. The second kappa shape index (κ2) is 11.2. The number of amidine groups is 1. The van der Waals surface area contributed by atoms with Crippen molar-refractivity contribution < 1.29 is 13.2 Å². The van der Waals surface area contributed by atoms with Gasteiger partial charge in [-0.3, -0.25) is 9.79 Å². The zero-order valence-electron chi connectivity index (χ0n) is 19.7. The van der Waals surface area contributed by atoms with E-state index in [9.17, 15) is 13.2 Å². The lowest BCUT2D eigenvalue weighted by atomic mass is 10.1. The lowest BCUT2D eigenvalue weighted by Crippen LogP contribution is -2.50. The third kappa shape index (κ3) is 5.67. The normalized spacial score (nSPS) is 16.5. The van der Waals surface area contributed by atoms with E-state index in [-0.39, 0.29) is 36.3 Å². The number of sulfonamides is 1. The zero-order chi connectivity index (χ0) is 24.4. The summed E-state index contributed by atoms with van der Waals surface area (Å²) in [6.45, 7) is 2.71. The van der Waals surface area contributed by atoms with Crippen LogP contribution in [0, 0.1) is 0 Å². The Labute approximate surface area is 222 Å². The van der Waals surface area contributed by atoms with Crippen LogP contribution in [-0.2, 0) is 16.6 Å². The number of amides is 1. The number of carbonyl (C=O) groups excluding carboxylic acids is 1. The first-order valence-electron chi connectivity index (χ1n) is 11.7. The summed E-state index contributed by atoms with van der Waals surface area (Å²) in [4.78, 5) is 19.5. The van der Waals surface area contributed by atoms with E-state index in [0.717, 1.165) is 41.6 Å². The monoisotopic (exact) mass is 546 g/mol. The maximum atomic E-state index is 13.2. The highest BCUT2D eigenvalue weighted by atomic mass is 35.5. The van der Waals surface area contributed by atoms with Gasteiger partial charge in [-0.1, -0.05) is 35.9 Å². The second-order valence-electron chi connectivity index (χ2n) is 8.84. The number of aliphatic imine (C=N–C) groups is 1. The third-order valence-electron chi connectivity index (χ3n) is 6.48. The molecule has 0 aromatic heterocycles. The number of rotatable bonds is 5. The molecule has 0 saturated carbocycles. The molecule has 0 radical (unpaired) electrons. The third-order valence-corrected chi connectivity index (χ3v) is 8.61. The van der Waals surface area contributed by atoms with Gasteiger partial charge in [0.2, 0.25) is 10.0 Å². The fraction of sp³-hybridized carbons (Fsp3) is 0.308. The molecule has 1 fully saturated rings. The largest absolute Gasteiger partial charge is 0.370 e. The summed E-state index contributed by atoms with van der Waals surface area (Å²) in [5, 5.41) is 5.66. The van der Waals surface area contributed by atoms with E-state index in [2.05, 4.69) is 10.3 Å². The number of halogens is 2. The first-order chi connectivity index (χ1) is 16.9. The Balaban J connectivity index is 0.00000304. The molecule has 1 N–H and O–H groups in total. The molecular formula is C26H28Cl2N4O3S. The Bertz CT molecular complexity index is 1400. The molecule has 1 saturated heterocycles. The smallest absolute Gasteiger partial charge is 0.253 e. The standard InChI is InChI=1S/C26H27ClN4O3S.ClH/c27-23-8-6-21-17-24(9-7-20(21)16-23)35(33,34)31-13-11-30(12-14-31)26(32)22-4-1-3-19(15-22)18-29-25-5-2-10-28-25;/h1,3-4,6-9,15-17H,2,5,10-14,18H2,(H,28,29);1H. The van der Waals surface area contributed by atoms with Crippen LogP contribution in [-0.4, -0.2) is 62.1 Å². The van der Waals surface area contributed by atoms with E-state index in [4.69, 9.17) is 11.6 Å². The van der Waals surface area contributed by atoms with Crippen molar-refractivity contribution in [3.05, 3.63) is 76.8 Å². The van der Waals surface area contributed by atoms with E-state index in [0.29, 0.717) is 30.2 Å². The molecule has 0 atom stereocenters. The minimum atomic E-state index is -3.66. The maximum Gasteiger partial charge on any atom is 0.253 e. The van der Waals surface area contributed by atoms with Gasteiger partial charge in [0.25, 0.3) is 5.91 Å². The molecule has 0 spiro atoms. The van der Waals surface area contributed by atoms with Crippen LogP contribution in [0.1, 0.15) is 28.8 Å². The average molecular weight is 548 g/mol. The van der Waals surface area contributed by atoms with Crippen LogP contribution >= 0.6 is 24.0 Å². The van der Waals surface area contributed by atoms with Gasteiger partial charge >= 0.3 is 0 Å². The van der Waals surface area contributed by atoms with Crippen LogP contribution in [0.4, 0.5) is 0 Å². The molecule has 3 aromatic carbocycles. The number of carbonyl (C=O) groups is 1. The molecule has 3 aromatic rings. The Morgan fingerprint density at radius 1 is 0.972 bits per heavy atom. The highest BCUT2D eigenvalue weighted by molar-refractivity contribution is 7.89. The van der Waals surface area contributed by atoms with Gasteiger partial charge in [0.15, 0.2) is 0 Å².